The van der Waals surface area contributed by atoms with Gasteiger partial charge in [-0.05, 0) is 68.7 Å². The van der Waals surface area contributed by atoms with Crippen molar-refractivity contribution in [3.63, 3.8) is 0 Å². The van der Waals surface area contributed by atoms with E-state index in [4.69, 9.17) is 14.1 Å². The molecule has 1 N–H and O–H groups in total. The molecule has 0 spiro atoms. The number of rotatable bonds is 4. The predicted molar refractivity (Wildman–Crippen MR) is 239 cm³/mol. The van der Waals surface area contributed by atoms with Crippen molar-refractivity contribution in [3.8, 4) is 22.3 Å². The van der Waals surface area contributed by atoms with Crippen LogP contribution in [0.2, 0.25) is 0 Å². The van der Waals surface area contributed by atoms with Crippen LogP contribution in [-0.4, -0.2) is 16.4 Å². The van der Waals surface area contributed by atoms with Crippen LogP contribution in [0.1, 0.15) is 48.1 Å². The molecule has 2 aromatic heterocycles. The summed E-state index contributed by atoms with van der Waals surface area (Å²) in [5.74, 6) is 1.02. The van der Waals surface area contributed by atoms with Gasteiger partial charge in [0.1, 0.15) is 5.84 Å². The lowest BCUT2D eigenvalue weighted by molar-refractivity contribution is 0.745. The second kappa shape index (κ2) is 12.7. The van der Waals surface area contributed by atoms with Gasteiger partial charge in [-0.15, -0.1) is 11.3 Å². The number of nitrogens with zero attached hydrogens (tertiary/aromatic N) is 3. The monoisotopic (exact) mass is 752 g/mol. The molecule has 0 fully saturated rings. The van der Waals surface area contributed by atoms with E-state index in [9.17, 15) is 4.11 Å². The minimum absolute atomic E-state index is 0.0765. The largest absolute Gasteiger partial charge is 0.310 e. The highest BCUT2D eigenvalue weighted by Crippen LogP contribution is 2.51. The fraction of sp³-hybridized carbons (Fsp3) is 0.0385. The summed E-state index contributed by atoms with van der Waals surface area (Å²) < 4.78 is 57.6. The van der Waals surface area contributed by atoms with E-state index in [-0.39, 0.29) is 42.2 Å². The molecule has 0 saturated carbocycles. The molecule has 268 valence electrons. The normalized spacial score (nSPS) is 16.6. The Morgan fingerprint density at radius 1 is 0.526 bits per heavy atom. The summed E-state index contributed by atoms with van der Waals surface area (Å²) in [4.78, 5) is 10.7. The summed E-state index contributed by atoms with van der Waals surface area (Å²) in [6.07, 6.45) is -0.740. The zero-order chi connectivity index (χ0) is 42.7. The third-order valence-electron chi connectivity index (χ3n) is 11.3. The van der Waals surface area contributed by atoms with E-state index in [1.54, 1.807) is 0 Å². The van der Waals surface area contributed by atoms with Crippen LogP contribution in [0.3, 0.4) is 0 Å². The standard InChI is InChI=1S/C52H34N4S/c1-2-15-32(16-3-1)50-53-51(55-52(54-50)56-45-26-11-8-19-36(45)37-20-9-12-27-46(37)56)33-29-30-41(48-39-22-6-4-17-34(39)35-18-5-7-23-40(35)48)44(31-33)43-25-14-24-42-38-21-10-13-28-47(38)57-49(42)43/h1-31,48,51H,(H,53,54,55)/i10D,14D,21D,24D,25D,28D. The SMILES string of the molecule is [2H]c1cc([2H])c2sc3c(-c4cc(C5N=C(c6ccccc6)NC(n6c7ccccc7c7ccccc76)=N5)ccc4C4c5ccccc5-c5ccccc54)c([2H])c([2H])c([2H])c3c2c1[2H]. The first-order valence-corrected chi connectivity index (χ1v) is 19.8. The molecule has 10 aromatic rings. The molecule has 4 nitrogen and oxygen atoms in total. The van der Waals surface area contributed by atoms with Crippen molar-refractivity contribution in [2.45, 2.75) is 12.1 Å². The van der Waals surface area contributed by atoms with Gasteiger partial charge in [-0.3, -0.25) is 4.57 Å². The van der Waals surface area contributed by atoms with Gasteiger partial charge in [0.2, 0.25) is 5.96 Å². The lowest BCUT2D eigenvalue weighted by Gasteiger charge is -2.25. The van der Waals surface area contributed by atoms with Crippen molar-refractivity contribution < 1.29 is 8.22 Å². The summed E-state index contributed by atoms with van der Waals surface area (Å²) >= 11 is 1.25. The molecule has 1 aliphatic carbocycles. The first kappa shape index (κ1) is 26.7. The van der Waals surface area contributed by atoms with Gasteiger partial charge in [-0.1, -0.05) is 164 Å². The molecule has 0 bridgehead atoms. The quantitative estimate of drug-likeness (QED) is 0.191. The zero-order valence-electron chi connectivity index (χ0n) is 36.3. The Morgan fingerprint density at radius 3 is 1.93 bits per heavy atom. The molecule has 2 aliphatic rings. The van der Waals surface area contributed by atoms with Gasteiger partial charge >= 0.3 is 0 Å². The molecule has 0 saturated heterocycles. The number of benzene rings is 8. The molecule has 5 heteroatoms. The number of hydrogen-bond acceptors (Lipinski definition) is 4. The number of aliphatic imine (C=N–C) groups is 2. The van der Waals surface area contributed by atoms with Crippen LogP contribution in [0.15, 0.2) is 198 Å². The van der Waals surface area contributed by atoms with E-state index in [2.05, 4.69) is 70.5 Å². The lowest BCUT2D eigenvalue weighted by atomic mass is 9.83. The highest BCUT2D eigenvalue weighted by molar-refractivity contribution is 7.26. The fourth-order valence-electron chi connectivity index (χ4n) is 8.85. The van der Waals surface area contributed by atoms with Crippen molar-refractivity contribution in [3.05, 3.63) is 216 Å². The third kappa shape index (κ3) is 4.99. The Kier molecular flexibility index (Phi) is 5.96. The van der Waals surface area contributed by atoms with E-state index < -0.39 is 6.17 Å². The second-order valence-electron chi connectivity index (χ2n) is 14.4. The fourth-order valence-corrected chi connectivity index (χ4v) is 9.94. The first-order chi connectivity index (χ1) is 30.8. The van der Waals surface area contributed by atoms with Gasteiger partial charge in [0.25, 0.3) is 0 Å². The Labute approximate surface area is 342 Å². The Balaban J connectivity index is 1.16. The number of fused-ring (bicyclic) bond motifs is 9. The molecule has 1 unspecified atom stereocenters. The number of amidine groups is 1. The van der Waals surface area contributed by atoms with Crippen molar-refractivity contribution >= 4 is 65.1 Å². The first-order valence-electron chi connectivity index (χ1n) is 22.0. The maximum absolute atomic E-state index is 9.68. The summed E-state index contributed by atoms with van der Waals surface area (Å²) in [6, 6.07) is 50.2. The van der Waals surface area contributed by atoms with Crippen LogP contribution in [0.5, 0.6) is 0 Å². The number of aromatic nitrogens is 1. The molecule has 12 rings (SSSR count). The van der Waals surface area contributed by atoms with Gasteiger partial charge in [0, 0.05) is 42.4 Å². The molecule has 3 heterocycles. The average molecular weight is 753 g/mol. The lowest BCUT2D eigenvalue weighted by Crippen LogP contribution is -2.39. The highest BCUT2D eigenvalue weighted by Gasteiger charge is 2.32. The van der Waals surface area contributed by atoms with E-state index in [1.165, 1.54) is 17.4 Å². The van der Waals surface area contributed by atoms with E-state index in [0.717, 1.165) is 60.8 Å². The van der Waals surface area contributed by atoms with Crippen molar-refractivity contribution in [1.82, 2.24) is 9.88 Å². The Hall–Kier alpha value is -7.08. The maximum Gasteiger partial charge on any atom is 0.211 e. The van der Waals surface area contributed by atoms with Crippen LogP contribution in [-0.2, 0) is 0 Å². The number of para-hydroxylation sites is 2. The van der Waals surface area contributed by atoms with Crippen LogP contribution in [0, 0.1) is 0 Å². The van der Waals surface area contributed by atoms with Gasteiger partial charge in [-0.25, -0.2) is 9.98 Å². The average Bonchev–Trinajstić information content (AvgIpc) is 3.99. The molecule has 0 amide bonds. The van der Waals surface area contributed by atoms with Crippen molar-refractivity contribution in [2.75, 3.05) is 0 Å². The molecule has 8 aromatic carbocycles. The third-order valence-corrected chi connectivity index (χ3v) is 12.5. The molecule has 0 radical (unpaired) electrons. The molecule has 1 atom stereocenters. The van der Waals surface area contributed by atoms with Gasteiger partial charge in [0.05, 0.1) is 19.3 Å². The molecule has 1 aliphatic heterocycles. The topological polar surface area (TPSA) is 41.7 Å². The highest BCUT2D eigenvalue weighted by atomic mass is 32.1. The Morgan fingerprint density at radius 2 is 1.18 bits per heavy atom. The van der Waals surface area contributed by atoms with Crippen LogP contribution >= 0.6 is 11.3 Å². The summed E-state index contributed by atoms with van der Waals surface area (Å²) in [5, 5.41) is 6.42. The summed E-state index contributed by atoms with van der Waals surface area (Å²) in [5.41, 5.74) is 10.2. The van der Waals surface area contributed by atoms with Gasteiger partial charge < -0.3 is 5.32 Å². The van der Waals surface area contributed by atoms with E-state index in [1.807, 2.05) is 84.9 Å². The number of thiophene rings is 1. The predicted octanol–water partition coefficient (Wildman–Crippen LogP) is 12.9. The second-order valence-corrected chi connectivity index (χ2v) is 15.5. The van der Waals surface area contributed by atoms with E-state index >= 15 is 0 Å². The van der Waals surface area contributed by atoms with Crippen molar-refractivity contribution in [1.29, 1.82) is 0 Å². The van der Waals surface area contributed by atoms with Crippen LogP contribution in [0.4, 0.5) is 0 Å². The van der Waals surface area contributed by atoms with Crippen molar-refractivity contribution in [2.24, 2.45) is 9.98 Å². The number of nitrogens with one attached hydrogen (secondary N) is 1. The minimum atomic E-state index is -0.740. The number of hydrogen-bond donors (Lipinski definition) is 1. The minimum Gasteiger partial charge on any atom is -0.310 e. The summed E-state index contributed by atoms with van der Waals surface area (Å²) in [7, 11) is 0. The molecular weight excluding hydrogens is 713 g/mol. The Bertz CT molecular complexity index is 3550. The van der Waals surface area contributed by atoms with Gasteiger partial charge in [-0.2, -0.15) is 0 Å². The van der Waals surface area contributed by atoms with E-state index in [0.29, 0.717) is 43.1 Å². The van der Waals surface area contributed by atoms with Crippen LogP contribution in [0.25, 0.3) is 64.2 Å². The van der Waals surface area contributed by atoms with Gasteiger partial charge in [0.15, 0.2) is 6.17 Å². The molecule has 57 heavy (non-hydrogen) atoms. The summed E-state index contributed by atoms with van der Waals surface area (Å²) in [6.45, 7) is 0. The molecular formula is C52H34N4S. The zero-order valence-corrected chi connectivity index (χ0v) is 31.2. The smallest absolute Gasteiger partial charge is 0.211 e. The maximum atomic E-state index is 9.68. The van der Waals surface area contributed by atoms with Crippen LogP contribution < -0.4 is 5.32 Å².